The van der Waals surface area contributed by atoms with Gasteiger partial charge in [-0.2, -0.15) is 0 Å². The first-order valence-corrected chi connectivity index (χ1v) is 7.92. The number of amides is 1. The third-order valence-corrected chi connectivity index (χ3v) is 3.71. The molecule has 0 aliphatic rings. The fourth-order valence-electron chi connectivity index (χ4n) is 2.47. The maximum Gasteiger partial charge on any atom is 0.257 e. The Kier molecular flexibility index (Phi) is 4.87. The van der Waals surface area contributed by atoms with Gasteiger partial charge in [0.15, 0.2) is 0 Å². The number of pyridine rings is 1. The van der Waals surface area contributed by atoms with Gasteiger partial charge in [0, 0.05) is 17.6 Å². The van der Waals surface area contributed by atoms with Crippen molar-refractivity contribution in [3.63, 3.8) is 0 Å². The maximum atomic E-state index is 12.5. The molecule has 3 rings (SSSR count). The lowest BCUT2D eigenvalue weighted by atomic mass is 10.1. The molecule has 1 heterocycles. The lowest BCUT2D eigenvalue weighted by Gasteiger charge is -2.11. The molecule has 1 amide bonds. The van der Waals surface area contributed by atoms with E-state index in [4.69, 9.17) is 0 Å². The Hall–Kier alpha value is -3.14. The van der Waals surface area contributed by atoms with Crippen molar-refractivity contribution >= 4 is 23.0 Å². The van der Waals surface area contributed by atoms with Crippen molar-refractivity contribution in [2.75, 3.05) is 10.6 Å². The van der Waals surface area contributed by atoms with E-state index in [9.17, 15) is 4.79 Å². The maximum absolute atomic E-state index is 12.5. The van der Waals surface area contributed by atoms with E-state index >= 15 is 0 Å². The highest BCUT2D eigenvalue weighted by molar-refractivity contribution is 6.05. The highest BCUT2D eigenvalue weighted by atomic mass is 16.1. The van der Waals surface area contributed by atoms with Crippen LogP contribution in [-0.4, -0.2) is 10.9 Å². The quantitative estimate of drug-likeness (QED) is 0.721. The fraction of sp³-hybridized carbons (Fsp3) is 0.100. The first kappa shape index (κ1) is 15.7. The minimum atomic E-state index is -0.167. The van der Waals surface area contributed by atoms with E-state index < -0.39 is 0 Å². The molecule has 0 radical (unpaired) electrons. The van der Waals surface area contributed by atoms with Gasteiger partial charge in [-0.1, -0.05) is 43.3 Å². The largest absolute Gasteiger partial charge is 0.354 e. The first-order valence-electron chi connectivity index (χ1n) is 7.92. The molecule has 3 aromatic rings. The molecule has 4 nitrogen and oxygen atoms in total. The lowest BCUT2D eigenvalue weighted by molar-refractivity contribution is 0.102. The number of hydrogen-bond donors (Lipinski definition) is 2. The monoisotopic (exact) mass is 317 g/mol. The van der Waals surface area contributed by atoms with Gasteiger partial charge in [0.05, 0.1) is 17.4 Å². The number of aromatic nitrogens is 1. The molecule has 0 saturated heterocycles. The number of aryl methyl sites for hydroxylation is 1. The zero-order chi connectivity index (χ0) is 16.8. The number of carbonyl (C=O) groups excluding carboxylic acids is 1. The van der Waals surface area contributed by atoms with Crippen LogP contribution < -0.4 is 10.6 Å². The van der Waals surface area contributed by atoms with Crippen LogP contribution in [0, 0.1) is 0 Å². The van der Waals surface area contributed by atoms with E-state index in [1.165, 1.54) is 0 Å². The van der Waals surface area contributed by atoms with Gasteiger partial charge in [-0.05, 0) is 36.2 Å². The fourth-order valence-corrected chi connectivity index (χ4v) is 2.47. The minimum Gasteiger partial charge on any atom is -0.354 e. The number of anilines is 3. The molecular weight excluding hydrogens is 298 g/mol. The summed E-state index contributed by atoms with van der Waals surface area (Å²) in [6.07, 6.45) is 4.13. The van der Waals surface area contributed by atoms with E-state index in [1.807, 2.05) is 54.6 Å². The summed E-state index contributed by atoms with van der Waals surface area (Å²) in [5.74, 6) is -0.167. The van der Waals surface area contributed by atoms with Crippen molar-refractivity contribution in [2.45, 2.75) is 13.3 Å². The number of nitrogens with zero attached hydrogens (tertiary/aromatic N) is 1. The van der Waals surface area contributed by atoms with Gasteiger partial charge in [0.1, 0.15) is 0 Å². The molecule has 0 bridgehead atoms. The number of hydrogen-bond acceptors (Lipinski definition) is 3. The molecule has 0 atom stereocenters. The summed E-state index contributed by atoms with van der Waals surface area (Å²) in [6.45, 7) is 2.07. The molecule has 0 spiro atoms. The highest BCUT2D eigenvalue weighted by Crippen LogP contribution is 2.19. The van der Waals surface area contributed by atoms with Crippen molar-refractivity contribution in [3.05, 3.63) is 84.2 Å². The number of para-hydroxylation sites is 2. The normalized spacial score (nSPS) is 10.2. The molecular formula is C20H19N3O. The molecule has 4 heteroatoms. The van der Waals surface area contributed by atoms with E-state index in [0.717, 1.165) is 29.0 Å². The van der Waals surface area contributed by atoms with E-state index in [1.54, 1.807) is 18.5 Å². The van der Waals surface area contributed by atoms with E-state index in [-0.39, 0.29) is 5.91 Å². The van der Waals surface area contributed by atoms with Crippen LogP contribution in [0.15, 0.2) is 73.1 Å². The predicted octanol–water partition coefficient (Wildman–Crippen LogP) is 4.64. The second-order valence-corrected chi connectivity index (χ2v) is 5.42. The highest BCUT2D eigenvalue weighted by Gasteiger charge is 2.09. The average molecular weight is 317 g/mol. The summed E-state index contributed by atoms with van der Waals surface area (Å²) in [6, 6.07) is 19.4. The topological polar surface area (TPSA) is 54.0 Å². The van der Waals surface area contributed by atoms with E-state index in [0.29, 0.717) is 5.56 Å². The Morgan fingerprint density at radius 2 is 1.71 bits per heavy atom. The summed E-state index contributed by atoms with van der Waals surface area (Å²) in [4.78, 5) is 16.7. The van der Waals surface area contributed by atoms with Gasteiger partial charge >= 0.3 is 0 Å². The Morgan fingerprint density at radius 3 is 2.50 bits per heavy atom. The zero-order valence-electron chi connectivity index (χ0n) is 13.5. The van der Waals surface area contributed by atoms with Gasteiger partial charge in [-0.25, -0.2) is 0 Å². The van der Waals surface area contributed by atoms with Crippen LogP contribution in [0.5, 0.6) is 0 Å². The Bertz CT molecular complexity index is 831. The smallest absolute Gasteiger partial charge is 0.257 e. The number of rotatable bonds is 5. The average Bonchev–Trinajstić information content (AvgIpc) is 2.63. The van der Waals surface area contributed by atoms with Crippen LogP contribution in [0.4, 0.5) is 17.1 Å². The SMILES string of the molecule is CCc1ccccc1NC(=O)c1cncc(Nc2ccccc2)c1. The second kappa shape index (κ2) is 7.42. The number of carbonyl (C=O) groups is 1. The van der Waals surface area contributed by atoms with E-state index in [2.05, 4.69) is 22.5 Å². The zero-order valence-corrected chi connectivity index (χ0v) is 13.5. The van der Waals surface area contributed by atoms with Gasteiger partial charge in [-0.15, -0.1) is 0 Å². The Labute approximate surface area is 141 Å². The van der Waals surface area contributed by atoms with Crippen LogP contribution in [-0.2, 0) is 6.42 Å². The van der Waals surface area contributed by atoms with Crippen molar-refractivity contribution in [3.8, 4) is 0 Å². The van der Waals surface area contributed by atoms with Crippen molar-refractivity contribution < 1.29 is 4.79 Å². The number of nitrogens with one attached hydrogen (secondary N) is 2. The molecule has 0 aliphatic carbocycles. The predicted molar refractivity (Wildman–Crippen MR) is 97.7 cm³/mol. The molecule has 0 saturated carbocycles. The van der Waals surface area contributed by atoms with Gasteiger partial charge in [0.2, 0.25) is 0 Å². The van der Waals surface area contributed by atoms with Crippen molar-refractivity contribution in [1.29, 1.82) is 0 Å². The molecule has 0 unspecified atom stereocenters. The summed E-state index contributed by atoms with van der Waals surface area (Å²) in [5, 5.41) is 6.21. The van der Waals surface area contributed by atoms with Crippen LogP contribution in [0.25, 0.3) is 0 Å². The summed E-state index contributed by atoms with van der Waals surface area (Å²) < 4.78 is 0. The minimum absolute atomic E-state index is 0.167. The molecule has 1 aromatic heterocycles. The van der Waals surface area contributed by atoms with Crippen LogP contribution in [0.3, 0.4) is 0 Å². The Morgan fingerprint density at radius 1 is 0.958 bits per heavy atom. The third kappa shape index (κ3) is 3.79. The molecule has 120 valence electrons. The summed E-state index contributed by atoms with van der Waals surface area (Å²) in [5.41, 5.74) is 4.19. The first-order chi connectivity index (χ1) is 11.8. The number of benzene rings is 2. The molecule has 2 aromatic carbocycles. The van der Waals surface area contributed by atoms with Gasteiger partial charge in [0.25, 0.3) is 5.91 Å². The van der Waals surface area contributed by atoms with Crippen molar-refractivity contribution in [1.82, 2.24) is 4.98 Å². The summed E-state index contributed by atoms with van der Waals surface area (Å²) >= 11 is 0. The standard InChI is InChI=1S/C20H19N3O/c1-2-15-8-6-7-11-19(15)23-20(24)16-12-18(14-21-13-16)22-17-9-4-3-5-10-17/h3-14,22H,2H2,1H3,(H,23,24). The van der Waals surface area contributed by atoms with Crippen LogP contribution in [0.2, 0.25) is 0 Å². The third-order valence-electron chi connectivity index (χ3n) is 3.71. The Balaban J connectivity index is 1.77. The van der Waals surface area contributed by atoms with Gasteiger partial charge < -0.3 is 10.6 Å². The molecule has 2 N–H and O–H groups in total. The van der Waals surface area contributed by atoms with Gasteiger partial charge in [-0.3, -0.25) is 9.78 Å². The lowest BCUT2D eigenvalue weighted by Crippen LogP contribution is -2.13. The van der Waals surface area contributed by atoms with Crippen molar-refractivity contribution in [2.24, 2.45) is 0 Å². The molecule has 24 heavy (non-hydrogen) atoms. The molecule has 0 aliphatic heterocycles. The molecule has 0 fully saturated rings. The second-order valence-electron chi connectivity index (χ2n) is 5.42. The summed E-state index contributed by atoms with van der Waals surface area (Å²) in [7, 11) is 0. The van der Waals surface area contributed by atoms with Crippen LogP contribution in [0.1, 0.15) is 22.8 Å². The van der Waals surface area contributed by atoms with Crippen LogP contribution >= 0.6 is 0 Å².